The molecule has 3 unspecified atom stereocenters. The van der Waals surface area contributed by atoms with Gasteiger partial charge in [-0.25, -0.2) is 0 Å². The van der Waals surface area contributed by atoms with Gasteiger partial charge in [0.2, 0.25) is 0 Å². The highest BCUT2D eigenvalue weighted by atomic mass is 35.5. The second-order valence-electron chi connectivity index (χ2n) is 5.96. The Morgan fingerprint density at radius 2 is 2.17 bits per heavy atom. The van der Waals surface area contributed by atoms with Gasteiger partial charge in [-0.05, 0) is 54.9 Å². The van der Waals surface area contributed by atoms with Gasteiger partial charge in [-0.15, -0.1) is 0 Å². The van der Waals surface area contributed by atoms with E-state index in [2.05, 4.69) is 12.2 Å². The van der Waals surface area contributed by atoms with E-state index in [4.69, 9.17) is 11.6 Å². The highest BCUT2D eigenvalue weighted by Crippen LogP contribution is 2.58. The van der Waals surface area contributed by atoms with Crippen LogP contribution in [0.3, 0.4) is 0 Å². The maximum Gasteiger partial charge on any atom is 0.163 e. The minimum Gasteiger partial charge on any atom is -0.294 e. The van der Waals surface area contributed by atoms with E-state index in [-0.39, 0.29) is 5.41 Å². The lowest BCUT2D eigenvalue weighted by Crippen LogP contribution is -2.36. The molecule has 2 heteroatoms. The summed E-state index contributed by atoms with van der Waals surface area (Å²) < 4.78 is 0. The topological polar surface area (TPSA) is 17.1 Å². The number of ketones is 1. The fourth-order valence-electron chi connectivity index (χ4n) is 4.33. The third-order valence-electron chi connectivity index (χ3n) is 5.13. The maximum atomic E-state index is 12.1. The molecule has 0 aliphatic heterocycles. The molecule has 0 saturated heterocycles. The second kappa shape index (κ2) is 3.48. The largest absolute Gasteiger partial charge is 0.294 e. The lowest BCUT2D eigenvalue weighted by molar-refractivity contribution is 0.0944. The molecule has 4 rings (SSSR count). The summed E-state index contributed by atoms with van der Waals surface area (Å²) in [7, 11) is 0. The van der Waals surface area contributed by atoms with E-state index in [1.807, 2.05) is 18.2 Å². The fourth-order valence-corrected chi connectivity index (χ4v) is 4.50. The van der Waals surface area contributed by atoms with Gasteiger partial charge in [-0.2, -0.15) is 0 Å². The van der Waals surface area contributed by atoms with Crippen molar-refractivity contribution < 1.29 is 4.79 Å². The predicted octanol–water partition coefficient (Wildman–Crippen LogP) is 4.15. The molecule has 0 heterocycles. The second-order valence-corrected chi connectivity index (χ2v) is 6.40. The SMILES string of the molecule is O=C1CCC2(CC3C=CC2C3)c2cc(Cl)ccc21. The van der Waals surface area contributed by atoms with Crippen molar-refractivity contribution in [3.8, 4) is 0 Å². The van der Waals surface area contributed by atoms with Crippen LogP contribution in [0, 0.1) is 11.8 Å². The molecule has 0 amide bonds. The molecular formula is C16H15ClO. The quantitative estimate of drug-likeness (QED) is 0.639. The summed E-state index contributed by atoms with van der Waals surface area (Å²) in [6, 6.07) is 5.82. The molecule has 2 bridgehead atoms. The highest BCUT2D eigenvalue weighted by Gasteiger charge is 2.52. The molecule has 1 fully saturated rings. The average Bonchev–Trinajstić information content (AvgIpc) is 2.95. The summed E-state index contributed by atoms with van der Waals surface area (Å²) in [4.78, 5) is 12.1. The Morgan fingerprint density at radius 3 is 2.89 bits per heavy atom. The first-order valence-corrected chi connectivity index (χ1v) is 7.08. The number of carbonyl (C=O) groups excluding carboxylic acids is 1. The van der Waals surface area contributed by atoms with Gasteiger partial charge in [0.1, 0.15) is 0 Å². The minimum absolute atomic E-state index is 0.202. The van der Waals surface area contributed by atoms with E-state index in [1.165, 1.54) is 18.4 Å². The Hall–Kier alpha value is -1.08. The van der Waals surface area contributed by atoms with E-state index in [9.17, 15) is 4.79 Å². The summed E-state index contributed by atoms with van der Waals surface area (Å²) >= 11 is 6.16. The lowest BCUT2D eigenvalue weighted by Gasteiger charge is -2.40. The zero-order valence-corrected chi connectivity index (χ0v) is 10.9. The summed E-state index contributed by atoms with van der Waals surface area (Å²) in [5, 5.41) is 0.759. The number of benzene rings is 1. The van der Waals surface area contributed by atoms with Crippen LogP contribution in [0.15, 0.2) is 30.4 Å². The van der Waals surface area contributed by atoms with Gasteiger partial charge < -0.3 is 0 Å². The summed E-state index contributed by atoms with van der Waals surface area (Å²) in [5.41, 5.74) is 2.35. The van der Waals surface area contributed by atoms with Gasteiger partial charge in [-0.3, -0.25) is 4.79 Å². The van der Waals surface area contributed by atoms with Gasteiger partial charge in [-0.1, -0.05) is 23.8 Å². The molecule has 1 spiro atoms. The minimum atomic E-state index is 0.202. The molecule has 1 aromatic carbocycles. The van der Waals surface area contributed by atoms with Gasteiger partial charge >= 0.3 is 0 Å². The van der Waals surface area contributed by atoms with Gasteiger partial charge in [0.15, 0.2) is 5.78 Å². The molecular weight excluding hydrogens is 244 g/mol. The molecule has 0 aromatic heterocycles. The Balaban J connectivity index is 1.94. The van der Waals surface area contributed by atoms with Crippen molar-refractivity contribution in [2.75, 3.05) is 0 Å². The van der Waals surface area contributed by atoms with E-state index < -0.39 is 0 Å². The van der Waals surface area contributed by atoms with E-state index in [0.717, 1.165) is 22.9 Å². The molecule has 0 N–H and O–H groups in total. The number of allylic oxidation sites excluding steroid dienone is 2. The standard InChI is InChI=1S/C16H15ClO/c17-12-3-4-13-14(8-12)16(6-5-15(13)18)9-10-1-2-11(16)7-10/h1-4,8,10-11H,5-7,9H2. The lowest BCUT2D eigenvalue weighted by atomic mass is 9.63. The smallest absolute Gasteiger partial charge is 0.163 e. The van der Waals surface area contributed by atoms with Crippen LogP contribution in [-0.4, -0.2) is 5.78 Å². The molecule has 1 nitrogen and oxygen atoms in total. The highest BCUT2D eigenvalue weighted by molar-refractivity contribution is 6.30. The van der Waals surface area contributed by atoms with Crippen LogP contribution in [0.2, 0.25) is 5.02 Å². The Labute approximate surface area is 112 Å². The number of hydrogen-bond acceptors (Lipinski definition) is 1. The van der Waals surface area contributed by atoms with E-state index in [0.29, 0.717) is 18.1 Å². The first kappa shape index (κ1) is 10.8. The number of hydrogen-bond donors (Lipinski definition) is 0. The van der Waals surface area contributed by atoms with Crippen molar-refractivity contribution in [1.82, 2.24) is 0 Å². The number of fused-ring (bicyclic) bond motifs is 5. The van der Waals surface area contributed by atoms with Crippen LogP contribution in [0.25, 0.3) is 0 Å². The number of halogens is 1. The summed E-state index contributed by atoms with van der Waals surface area (Å²) in [5.74, 6) is 1.63. The maximum absolute atomic E-state index is 12.1. The monoisotopic (exact) mass is 258 g/mol. The fraction of sp³-hybridized carbons (Fsp3) is 0.438. The zero-order chi connectivity index (χ0) is 12.3. The number of Topliss-reactive ketones (excluding diaryl/α,β-unsaturated/α-hetero) is 1. The van der Waals surface area contributed by atoms with Crippen molar-refractivity contribution >= 4 is 17.4 Å². The first-order valence-electron chi connectivity index (χ1n) is 6.71. The third-order valence-corrected chi connectivity index (χ3v) is 5.36. The molecule has 3 aliphatic carbocycles. The van der Waals surface area contributed by atoms with E-state index in [1.54, 1.807) is 0 Å². The average molecular weight is 259 g/mol. The third kappa shape index (κ3) is 1.26. The summed E-state index contributed by atoms with van der Waals surface area (Å²) in [6.07, 6.45) is 8.90. The van der Waals surface area contributed by atoms with Gasteiger partial charge in [0, 0.05) is 22.4 Å². The van der Waals surface area contributed by atoms with Crippen LogP contribution in [0.5, 0.6) is 0 Å². The zero-order valence-electron chi connectivity index (χ0n) is 10.2. The number of carbonyl (C=O) groups is 1. The van der Waals surface area contributed by atoms with Gasteiger partial charge in [0.05, 0.1) is 0 Å². The van der Waals surface area contributed by atoms with Crippen LogP contribution >= 0.6 is 11.6 Å². The molecule has 1 aromatic rings. The molecule has 0 radical (unpaired) electrons. The van der Waals surface area contributed by atoms with Crippen LogP contribution in [0.4, 0.5) is 0 Å². The van der Waals surface area contributed by atoms with Crippen molar-refractivity contribution in [3.05, 3.63) is 46.5 Å². The molecule has 3 atom stereocenters. The Bertz CT molecular complexity index is 574. The van der Waals surface area contributed by atoms with Crippen LogP contribution in [-0.2, 0) is 5.41 Å². The van der Waals surface area contributed by atoms with Crippen LogP contribution in [0.1, 0.15) is 41.6 Å². The van der Waals surface area contributed by atoms with Crippen LogP contribution < -0.4 is 0 Å². The van der Waals surface area contributed by atoms with Crippen molar-refractivity contribution in [1.29, 1.82) is 0 Å². The molecule has 1 saturated carbocycles. The van der Waals surface area contributed by atoms with E-state index >= 15 is 0 Å². The number of rotatable bonds is 0. The van der Waals surface area contributed by atoms with Crippen molar-refractivity contribution in [2.24, 2.45) is 11.8 Å². The molecule has 92 valence electrons. The first-order chi connectivity index (χ1) is 8.69. The summed E-state index contributed by atoms with van der Waals surface area (Å²) in [6.45, 7) is 0. The van der Waals surface area contributed by atoms with Crippen molar-refractivity contribution in [3.63, 3.8) is 0 Å². The Kier molecular flexibility index (Phi) is 2.09. The molecule has 18 heavy (non-hydrogen) atoms. The molecule has 3 aliphatic rings. The van der Waals surface area contributed by atoms with Crippen molar-refractivity contribution in [2.45, 2.75) is 31.1 Å². The predicted molar refractivity (Wildman–Crippen MR) is 72.0 cm³/mol. The Morgan fingerprint density at radius 1 is 1.28 bits per heavy atom. The normalized spacial score (nSPS) is 36.4. The van der Waals surface area contributed by atoms with Gasteiger partial charge in [0.25, 0.3) is 0 Å².